The zero-order valence-corrected chi connectivity index (χ0v) is 10.5. The van der Waals surface area contributed by atoms with Crippen LogP contribution in [0.2, 0.25) is 0 Å². The molecular weight excluding hydrogens is 291 g/mol. The Labute approximate surface area is 99.6 Å². The van der Waals surface area contributed by atoms with Crippen molar-refractivity contribution in [1.82, 2.24) is 0 Å². The summed E-state index contributed by atoms with van der Waals surface area (Å²) in [5.74, 6) is 2.35. The summed E-state index contributed by atoms with van der Waals surface area (Å²) in [5.41, 5.74) is 0. The molecule has 2 nitrogen and oxygen atoms in total. The highest BCUT2D eigenvalue weighted by atomic mass is 127. The van der Waals surface area contributed by atoms with E-state index in [1.165, 1.54) is 19.3 Å². The average Bonchev–Trinajstić information content (AvgIpc) is 2.15. The maximum atomic E-state index is 10.2. The highest BCUT2D eigenvalue weighted by Gasteiger charge is 1.95. The first-order valence-electron chi connectivity index (χ1n) is 5.07. The van der Waals surface area contributed by atoms with Gasteiger partial charge in [-0.15, -0.1) is 0 Å². The van der Waals surface area contributed by atoms with Crippen molar-refractivity contribution < 1.29 is 9.90 Å². The summed E-state index contributed by atoms with van der Waals surface area (Å²) in [7, 11) is 0. The molecule has 14 heavy (non-hydrogen) atoms. The van der Waals surface area contributed by atoms with E-state index in [-0.39, 0.29) is 0 Å². The topological polar surface area (TPSA) is 37.3 Å². The number of carbonyl (C=O) groups is 1. The van der Waals surface area contributed by atoms with E-state index in [1.54, 1.807) is 0 Å². The second kappa shape index (κ2) is 10.8. The van der Waals surface area contributed by atoms with Gasteiger partial charge in [0.2, 0.25) is 0 Å². The second-order valence-electron chi connectivity index (χ2n) is 3.29. The summed E-state index contributed by atoms with van der Waals surface area (Å²) in [6.07, 6.45) is 7.95. The predicted octanol–water partition coefficient (Wildman–Crippen LogP) is 3.59. The smallest absolute Gasteiger partial charge is 0.303 e. The minimum absolute atomic E-state index is 0.320. The van der Waals surface area contributed by atoms with Gasteiger partial charge in [0.15, 0.2) is 0 Å². The average molecular weight is 308 g/mol. The minimum Gasteiger partial charge on any atom is -0.481 e. The van der Waals surface area contributed by atoms with Crippen molar-refractivity contribution in [3.63, 3.8) is 0 Å². The van der Waals surface area contributed by atoms with Gasteiger partial charge in [-0.2, -0.15) is 0 Å². The fourth-order valence-corrected chi connectivity index (χ4v) is 1.51. The lowest BCUT2D eigenvalue weighted by atomic mass is 10.1. The molecule has 0 aliphatic rings. The monoisotopic (exact) mass is 308 g/mol. The summed E-state index contributed by atoms with van der Waals surface area (Å²) in [6.45, 7) is 0. The molecule has 1 N–H and O–H groups in total. The molecule has 0 rings (SSSR count). The van der Waals surface area contributed by atoms with Crippen LogP contribution < -0.4 is 0 Å². The molecule has 80 valence electrons. The summed E-state index contributed by atoms with van der Waals surface area (Å²) in [5, 5.41) is 8.40. The molecule has 0 aliphatic carbocycles. The Morgan fingerprint density at radius 1 is 1.07 bits per heavy atom. The Hall–Kier alpha value is -0.240. The number of carboxylic acids is 1. The van der Waals surface area contributed by atoms with Gasteiger partial charge in [0.25, 0.3) is 0 Å². The molecule has 0 spiro atoms. The number of aliphatic carboxylic acids is 1. The van der Waals surface area contributed by atoms with Gasteiger partial charge in [-0.1, -0.05) is 31.6 Å². The van der Waals surface area contributed by atoms with Crippen LogP contribution >= 0.6 is 22.6 Å². The number of hydrogen-bond donors (Lipinski definition) is 1. The van der Waals surface area contributed by atoms with Gasteiger partial charge < -0.3 is 5.11 Å². The Morgan fingerprint density at radius 3 is 2.21 bits per heavy atom. The van der Waals surface area contributed by atoms with E-state index in [0.29, 0.717) is 6.42 Å². The lowest BCUT2D eigenvalue weighted by Gasteiger charge is -1.98. The van der Waals surface area contributed by atoms with Gasteiger partial charge in [0, 0.05) is 35.4 Å². The van der Waals surface area contributed by atoms with E-state index >= 15 is 0 Å². The van der Waals surface area contributed by atoms with E-state index in [4.69, 9.17) is 5.11 Å². The molecule has 0 aromatic rings. The van der Waals surface area contributed by atoms with E-state index in [0.717, 1.165) is 25.7 Å². The molecule has 0 aliphatic heterocycles. The van der Waals surface area contributed by atoms with Crippen molar-refractivity contribution in [2.24, 2.45) is 0 Å². The number of halogens is 1. The SMILES string of the molecule is O=C(O)CCCCCCCCC#CI. The fourth-order valence-electron chi connectivity index (χ4n) is 1.24. The van der Waals surface area contributed by atoms with Gasteiger partial charge in [-0.25, -0.2) is 0 Å². The maximum Gasteiger partial charge on any atom is 0.303 e. The van der Waals surface area contributed by atoms with Crippen LogP contribution in [0.4, 0.5) is 0 Å². The van der Waals surface area contributed by atoms with Gasteiger partial charge >= 0.3 is 5.97 Å². The van der Waals surface area contributed by atoms with Crippen molar-refractivity contribution in [1.29, 1.82) is 0 Å². The quantitative estimate of drug-likeness (QED) is 0.423. The van der Waals surface area contributed by atoms with Crippen molar-refractivity contribution in [3.8, 4) is 9.85 Å². The molecule has 0 unspecified atom stereocenters. The van der Waals surface area contributed by atoms with Gasteiger partial charge in [0.1, 0.15) is 0 Å². The highest BCUT2D eigenvalue weighted by molar-refractivity contribution is 14.1. The van der Waals surface area contributed by atoms with Crippen molar-refractivity contribution in [2.75, 3.05) is 0 Å². The molecule has 0 fully saturated rings. The first kappa shape index (κ1) is 13.8. The van der Waals surface area contributed by atoms with Crippen LogP contribution in [0.15, 0.2) is 0 Å². The fraction of sp³-hybridized carbons (Fsp3) is 0.727. The number of carboxylic acid groups (broad SMARTS) is 1. The molecule has 0 saturated heterocycles. The standard InChI is InChI=1S/C11H17IO2/c12-10-8-6-4-2-1-3-5-7-9-11(13)14/h1-7,9H2,(H,13,14). The molecule has 0 atom stereocenters. The molecule has 0 amide bonds. The van der Waals surface area contributed by atoms with E-state index in [2.05, 4.69) is 32.4 Å². The zero-order valence-electron chi connectivity index (χ0n) is 8.39. The number of unbranched alkanes of at least 4 members (excludes halogenated alkanes) is 6. The van der Waals surface area contributed by atoms with Crippen molar-refractivity contribution in [2.45, 2.75) is 51.4 Å². The Morgan fingerprint density at radius 2 is 1.64 bits per heavy atom. The van der Waals surface area contributed by atoms with Crippen LogP contribution in [0.5, 0.6) is 0 Å². The maximum absolute atomic E-state index is 10.2. The van der Waals surface area contributed by atoms with Crippen LogP contribution in [-0.4, -0.2) is 11.1 Å². The third-order valence-electron chi connectivity index (χ3n) is 2.01. The lowest BCUT2D eigenvalue weighted by Crippen LogP contribution is -1.93. The van der Waals surface area contributed by atoms with Crippen LogP contribution in [0.25, 0.3) is 0 Å². The summed E-state index contributed by atoms with van der Waals surface area (Å²) in [6, 6.07) is 0. The van der Waals surface area contributed by atoms with Gasteiger partial charge in [-0.3, -0.25) is 4.79 Å². The second-order valence-corrected chi connectivity index (χ2v) is 3.83. The normalized spacial score (nSPS) is 9.21. The summed E-state index contributed by atoms with van der Waals surface area (Å²) >= 11 is 2.06. The van der Waals surface area contributed by atoms with Crippen LogP contribution in [0, 0.1) is 9.85 Å². The Kier molecular flexibility index (Phi) is 10.7. The van der Waals surface area contributed by atoms with Gasteiger partial charge in [0.05, 0.1) is 0 Å². The summed E-state index contributed by atoms with van der Waals surface area (Å²) in [4.78, 5) is 10.2. The van der Waals surface area contributed by atoms with Crippen molar-refractivity contribution >= 4 is 28.6 Å². The Balaban J connectivity index is 2.98. The molecule has 0 saturated carbocycles. The zero-order chi connectivity index (χ0) is 10.6. The summed E-state index contributed by atoms with van der Waals surface area (Å²) < 4.78 is 2.85. The molecule has 0 heterocycles. The highest BCUT2D eigenvalue weighted by Crippen LogP contribution is 2.08. The lowest BCUT2D eigenvalue weighted by molar-refractivity contribution is -0.137. The van der Waals surface area contributed by atoms with Crippen LogP contribution in [-0.2, 0) is 4.79 Å². The van der Waals surface area contributed by atoms with Gasteiger partial charge in [-0.05, 0) is 16.8 Å². The van der Waals surface area contributed by atoms with E-state index in [9.17, 15) is 4.79 Å². The molecule has 0 radical (unpaired) electrons. The third-order valence-corrected chi connectivity index (χ3v) is 2.39. The number of hydrogen-bond acceptors (Lipinski definition) is 1. The van der Waals surface area contributed by atoms with E-state index in [1.807, 2.05) is 0 Å². The Bertz CT molecular complexity index is 203. The largest absolute Gasteiger partial charge is 0.481 e. The molecule has 3 heteroatoms. The van der Waals surface area contributed by atoms with Crippen molar-refractivity contribution in [3.05, 3.63) is 0 Å². The van der Waals surface area contributed by atoms with Crippen LogP contribution in [0.1, 0.15) is 51.4 Å². The van der Waals surface area contributed by atoms with Crippen LogP contribution in [0.3, 0.4) is 0 Å². The predicted molar refractivity (Wildman–Crippen MR) is 66.4 cm³/mol. The molecule has 0 aromatic heterocycles. The number of rotatable bonds is 8. The molecular formula is C11H17IO2. The molecule has 0 aromatic carbocycles. The molecule has 0 bridgehead atoms. The van der Waals surface area contributed by atoms with E-state index < -0.39 is 5.97 Å². The minimum atomic E-state index is -0.678. The first-order chi connectivity index (χ1) is 6.77. The first-order valence-corrected chi connectivity index (χ1v) is 6.15. The third kappa shape index (κ3) is 11.8.